The average molecular weight is 190 g/mol. The number of carbonyl (C=O) groups is 2. The highest BCUT2D eigenvalue weighted by Gasteiger charge is 1.92. The molecule has 0 spiro atoms. The van der Waals surface area contributed by atoms with Crippen molar-refractivity contribution in [2.24, 2.45) is 0 Å². The van der Waals surface area contributed by atoms with Gasteiger partial charge in [-0.15, -0.1) is 0 Å². The lowest BCUT2D eigenvalue weighted by Gasteiger charge is -1.89. The summed E-state index contributed by atoms with van der Waals surface area (Å²) in [7, 11) is 1.35. The quantitative estimate of drug-likeness (QED) is 0.542. The molecule has 4 heteroatoms. The highest BCUT2D eigenvalue weighted by molar-refractivity contribution is 5.66. The zero-order valence-corrected chi connectivity index (χ0v) is 8.50. The lowest BCUT2D eigenvalue weighted by atomic mass is 10.2. The number of carboxylic acids is 1. The molecule has 0 rings (SSSR count). The molecule has 4 nitrogen and oxygen atoms in total. The Balaban J connectivity index is 0. The van der Waals surface area contributed by atoms with Gasteiger partial charge in [0, 0.05) is 13.3 Å². The van der Waals surface area contributed by atoms with E-state index in [9.17, 15) is 9.59 Å². The molecule has 0 aliphatic heterocycles. The van der Waals surface area contributed by atoms with E-state index in [1.807, 2.05) is 0 Å². The number of carboxylic acid groups (broad SMARTS) is 1. The monoisotopic (exact) mass is 190 g/mol. The summed E-state index contributed by atoms with van der Waals surface area (Å²) in [5, 5.41) is 8.14. The van der Waals surface area contributed by atoms with Crippen molar-refractivity contribution < 1.29 is 19.4 Å². The number of rotatable bonds is 4. The number of aliphatic carboxylic acids is 1. The maximum Gasteiger partial charge on any atom is 0.303 e. The van der Waals surface area contributed by atoms with Gasteiger partial charge in [0.25, 0.3) is 0 Å². The van der Waals surface area contributed by atoms with Gasteiger partial charge in [-0.05, 0) is 6.42 Å². The number of ether oxygens (including phenoxy) is 1. The smallest absolute Gasteiger partial charge is 0.303 e. The Morgan fingerprint density at radius 3 is 2.00 bits per heavy atom. The molecule has 13 heavy (non-hydrogen) atoms. The average Bonchev–Trinajstić information content (AvgIpc) is 2.05. The van der Waals surface area contributed by atoms with Gasteiger partial charge in [-0.2, -0.15) is 0 Å². The third-order valence-electron chi connectivity index (χ3n) is 1.28. The Bertz CT molecular complexity index is 143. The van der Waals surface area contributed by atoms with Gasteiger partial charge in [0.15, 0.2) is 0 Å². The molecule has 1 N–H and O–H groups in total. The van der Waals surface area contributed by atoms with Crippen LogP contribution in [0.4, 0.5) is 0 Å². The third-order valence-corrected chi connectivity index (χ3v) is 1.28. The van der Waals surface area contributed by atoms with Crippen LogP contribution in [0.1, 0.15) is 39.5 Å². The second-order valence-corrected chi connectivity index (χ2v) is 2.55. The zero-order valence-electron chi connectivity index (χ0n) is 8.50. The summed E-state index contributed by atoms with van der Waals surface area (Å²) < 4.78 is 4.11. The van der Waals surface area contributed by atoms with E-state index in [1.54, 1.807) is 0 Å². The van der Waals surface area contributed by atoms with E-state index in [2.05, 4.69) is 11.7 Å². The Labute approximate surface area is 78.9 Å². The Kier molecular flexibility index (Phi) is 12.2. The number of unbranched alkanes of at least 4 members (excludes halogenated alkanes) is 2. The highest BCUT2D eigenvalue weighted by Crippen LogP contribution is 1.97. The molecule has 0 saturated carbocycles. The predicted octanol–water partition coefficient (Wildman–Crippen LogP) is 1.83. The van der Waals surface area contributed by atoms with E-state index in [4.69, 9.17) is 5.11 Å². The molecule has 0 saturated heterocycles. The van der Waals surface area contributed by atoms with Crippen molar-refractivity contribution in [2.45, 2.75) is 39.5 Å². The van der Waals surface area contributed by atoms with E-state index in [0.29, 0.717) is 6.42 Å². The minimum absolute atomic E-state index is 0.245. The minimum Gasteiger partial charge on any atom is -0.481 e. The van der Waals surface area contributed by atoms with Gasteiger partial charge in [-0.3, -0.25) is 9.59 Å². The SMILES string of the molecule is CCCCCC(=O)O.COC(C)=O. The summed E-state index contributed by atoms with van der Waals surface area (Å²) in [5.74, 6) is -0.927. The molecular formula is C9H18O4. The third kappa shape index (κ3) is 24.8. The van der Waals surface area contributed by atoms with Crippen molar-refractivity contribution in [3.05, 3.63) is 0 Å². The van der Waals surface area contributed by atoms with E-state index < -0.39 is 5.97 Å². The van der Waals surface area contributed by atoms with Crippen LogP contribution in [0.25, 0.3) is 0 Å². The number of esters is 1. The van der Waals surface area contributed by atoms with Crippen LogP contribution in [-0.4, -0.2) is 24.2 Å². The van der Waals surface area contributed by atoms with Crippen LogP contribution >= 0.6 is 0 Å². The summed E-state index contributed by atoms with van der Waals surface area (Å²) in [6.45, 7) is 3.42. The first-order valence-electron chi connectivity index (χ1n) is 4.30. The van der Waals surface area contributed by atoms with Gasteiger partial charge in [0.2, 0.25) is 0 Å². The first-order valence-corrected chi connectivity index (χ1v) is 4.30. The molecule has 0 aromatic heterocycles. The number of carbonyl (C=O) groups excluding carboxylic acids is 1. The summed E-state index contributed by atoms with van der Waals surface area (Å²) in [6, 6.07) is 0. The molecular weight excluding hydrogens is 172 g/mol. The van der Waals surface area contributed by atoms with Crippen LogP contribution in [0.5, 0.6) is 0 Å². The largest absolute Gasteiger partial charge is 0.481 e. The lowest BCUT2D eigenvalue weighted by Crippen LogP contribution is -1.92. The van der Waals surface area contributed by atoms with E-state index in [0.717, 1.165) is 19.3 Å². The summed E-state index contributed by atoms with van der Waals surface area (Å²) >= 11 is 0. The molecule has 0 radical (unpaired) electrons. The summed E-state index contributed by atoms with van der Waals surface area (Å²) in [5.41, 5.74) is 0. The molecule has 0 aromatic rings. The number of hydrogen-bond donors (Lipinski definition) is 1. The van der Waals surface area contributed by atoms with Crippen LogP contribution in [0.3, 0.4) is 0 Å². The van der Waals surface area contributed by atoms with E-state index >= 15 is 0 Å². The van der Waals surface area contributed by atoms with Crippen molar-refractivity contribution in [3.8, 4) is 0 Å². The van der Waals surface area contributed by atoms with E-state index in [1.165, 1.54) is 14.0 Å². The molecule has 0 atom stereocenters. The Morgan fingerprint density at radius 1 is 1.31 bits per heavy atom. The van der Waals surface area contributed by atoms with Crippen LogP contribution in [0.2, 0.25) is 0 Å². The number of hydrogen-bond acceptors (Lipinski definition) is 3. The molecule has 0 aliphatic rings. The molecule has 0 aliphatic carbocycles. The maximum absolute atomic E-state index is 9.87. The molecule has 0 bridgehead atoms. The fraction of sp³-hybridized carbons (Fsp3) is 0.778. The van der Waals surface area contributed by atoms with Crippen molar-refractivity contribution in [1.82, 2.24) is 0 Å². The predicted molar refractivity (Wildman–Crippen MR) is 49.5 cm³/mol. The van der Waals surface area contributed by atoms with E-state index in [-0.39, 0.29) is 5.97 Å². The standard InChI is InChI=1S/C6H12O2.C3H6O2/c1-2-3-4-5-6(7)8;1-3(4)5-2/h2-5H2,1H3,(H,7,8);1-2H3. The van der Waals surface area contributed by atoms with Gasteiger partial charge >= 0.3 is 11.9 Å². The van der Waals surface area contributed by atoms with Crippen LogP contribution in [0, 0.1) is 0 Å². The van der Waals surface area contributed by atoms with Crippen LogP contribution in [-0.2, 0) is 14.3 Å². The molecule has 0 unspecified atom stereocenters. The maximum atomic E-state index is 9.87. The van der Waals surface area contributed by atoms with Gasteiger partial charge in [0.05, 0.1) is 7.11 Å². The topological polar surface area (TPSA) is 63.6 Å². The summed E-state index contributed by atoms with van der Waals surface area (Å²) in [6.07, 6.45) is 3.28. The van der Waals surface area contributed by atoms with Gasteiger partial charge in [-0.1, -0.05) is 19.8 Å². The molecule has 0 amide bonds. The van der Waals surface area contributed by atoms with Crippen LogP contribution < -0.4 is 0 Å². The lowest BCUT2D eigenvalue weighted by molar-refractivity contribution is -0.138. The van der Waals surface area contributed by atoms with Crippen LogP contribution in [0.15, 0.2) is 0 Å². The highest BCUT2D eigenvalue weighted by atomic mass is 16.5. The normalized spacial score (nSPS) is 8.23. The second-order valence-electron chi connectivity index (χ2n) is 2.55. The van der Waals surface area contributed by atoms with Crippen molar-refractivity contribution in [3.63, 3.8) is 0 Å². The zero-order chi connectivity index (χ0) is 10.7. The van der Waals surface area contributed by atoms with Gasteiger partial charge < -0.3 is 9.84 Å². The van der Waals surface area contributed by atoms with Crippen molar-refractivity contribution in [1.29, 1.82) is 0 Å². The Morgan fingerprint density at radius 2 is 1.77 bits per heavy atom. The van der Waals surface area contributed by atoms with Gasteiger partial charge in [-0.25, -0.2) is 0 Å². The fourth-order valence-electron chi connectivity index (χ4n) is 0.526. The second kappa shape index (κ2) is 10.9. The fourth-order valence-corrected chi connectivity index (χ4v) is 0.526. The molecule has 0 fully saturated rings. The number of methoxy groups -OCH3 is 1. The molecule has 0 aromatic carbocycles. The first kappa shape index (κ1) is 14.5. The van der Waals surface area contributed by atoms with Crippen molar-refractivity contribution >= 4 is 11.9 Å². The first-order chi connectivity index (χ1) is 6.04. The summed E-state index contributed by atoms with van der Waals surface area (Å²) in [4.78, 5) is 19.5. The van der Waals surface area contributed by atoms with Crippen molar-refractivity contribution in [2.75, 3.05) is 7.11 Å². The van der Waals surface area contributed by atoms with Gasteiger partial charge in [0.1, 0.15) is 0 Å². The molecule has 78 valence electrons. The minimum atomic E-state index is -0.682. The Hall–Kier alpha value is -1.06. The molecule has 0 heterocycles.